The third-order valence-corrected chi connectivity index (χ3v) is 5.06. The van der Waals surface area contributed by atoms with Crippen molar-refractivity contribution in [3.63, 3.8) is 0 Å². The lowest BCUT2D eigenvalue weighted by Crippen LogP contribution is -2.45. The summed E-state index contributed by atoms with van der Waals surface area (Å²) in [7, 11) is 0. The lowest BCUT2D eigenvalue weighted by Gasteiger charge is -2.25. The number of aryl methyl sites for hydroxylation is 3. The van der Waals surface area contributed by atoms with Crippen LogP contribution in [0.15, 0.2) is 53.7 Å². The van der Waals surface area contributed by atoms with Gasteiger partial charge < -0.3 is 19.6 Å². The summed E-state index contributed by atoms with van der Waals surface area (Å²) < 4.78 is 50.8. The molecule has 1 unspecified atom stereocenters. The average Bonchev–Trinajstić information content (AvgIpc) is 2.79. The summed E-state index contributed by atoms with van der Waals surface area (Å²) >= 11 is 0. The van der Waals surface area contributed by atoms with Gasteiger partial charge in [-0.15, -0.1) is 5.10 Å². The van der Waals surface area contributed by atoms with Gasteiger partial charge in [0.25, 0.3) is 0 Å². The summed E-state index contributed by atoms with van der Waals surface area (Å²) in [6.07, 6.45) is -4.49. The summed E-state index contributed by atoms with van der Waals surface area (Å²) in [4.78, 5) is 5.39. The van der Waals surface area contributed by atoms with Crippen molar-refractivity contribution in [2.75, 3.05) is 13.2 Å². The van der Waals surface area contributed by atoms with Gasteiger partial charge in [0.2, 0.25) is 5.88 Å². The number of aromatic nitrogens is 2. The summed E-state index contributed by atoms with van der Waals surface area (Å²) in [6.45, 7) is 6.30. The number of halogens is 3. The summed E-state index contributed by atoms with van der Waals surface area (Å²) in [5, 5.41) is 15.3. The van der Waals surface area contributed by atoms with Crippen LogP contribution in [0.25, 0.3) is 0 Å². The Kier molecular flexibility index (Phi) is 6.58. The first-order valence-corrected chi connectivity index (χ1v) is 10.6. The highest BCUT2D eigenvalue weighted by Crippen LogP contribution is 2.33. The molecule has 1 aliphatic heterocycles. The highest BCUT2D eigenvalue weighted by molar-refractivity contribution is 6.00. The van der Waals surface area contributed by atoms with Crippen molar-refractivity contribution < 1.29 is 27.5 Å². The Morgan fingerprint density at radius 3 is 2.65 bits per heavy atom. The number of alkyl halides is 3. The second-order valence-electron chi connectivity index (χ2n) is 7.99. The molecular weight excluding hydrogens is 449 g/mol. The van der Waals surface area contributed by atoms with Gasteiger partial charge in [-0.2, -0.15) is 18.3 Å². The lowest BCUT2D eigenvalue weighted by molar-refractivity contribution is -0.137. The predicted molar refractivity (Wildman–Crippen MR) is 119 cm³/mol. The maximum absolute atomic E-state index is 13.1. The van der Waals surface area contributed by atoms with Crippen LogP contribution in [0.1, 0.15) is 27.9 Å². The Hall–Kier alpha value is -3.82. The predicted octanol–water partition coefficient (Wildman–Crippen LogP) is 4.94. The molecule has 0 bridgehead atoms. The van der Waals surface area contributed by atoms with Gasteiger partial charge >= 0.3 is 6.18 Å². The summed E-state index contributed by atoms with van der Waals surface area (Å²) in [5.74, 6) is 1.06. The maximum Gasteiger partial charge on any atom is 0.416 e. The minimum absolute atomic E-state index is 0.00396. The molecule has 2 aromatic carbocycles. The van der Waals surface area contributed by atoms with Crippen LogP contribution in [0.3, 0.4) is 0 Å². The van der Waals surface area contributed by atoms with E-state index in [4.69, 9.17) is 14.3 Å². The van der Waals surface area contributed by atoms with Crippen molar-refractivity contribution in [2.24, 2.45) is 5.16 Å². The molecule has 0 radical (unpaired) electrons. The molecule has 1 atom stereocenters. The maximum atomic E-state index is 13.1. The van der Waals surface area contributed by atoms with Crippen LogP contribution >= 0.6 is 0 Å². The monoisotopic (exact) mass is 472 g/mol. The molecule has 0 amide bonds. The number of amidine groups is 1. The molecule has 34 heavy (non-hydrogen) atoms. The molecule has 10 heteroatoms. The Morgan fingerprint density at radius 1 is 1.06 bits per heavy atom. The van der Waals surface area contributed by atoms with Crippen LogP contribution in [0.2, 0.25) is 0 Å². The molecule has 3 aromatic rings. The standard InChI is InChI=1S/C24H23F3N4O3/c1-14-7-8-21(15(2)9-14)32-12-18-13-33-31-22(28-18)20-10-16(3)29-30-23(20)34-19-6-4-5-17(11-19)24(25,26)27/h4-11,18H,12-13H2,1-3H3,(H,28,31). The third-order valence-electron chi connectivity index (χ3n) is 5.06. The zero-order chi connectivity index (χ0) is 24.3. The van der Waals surface area contributed by atoms with E-state index in [1.807, 2.05) is 32.0 Å². The molecule has 4 rings (SSSR count). The van der Waals surface area contributed by atoms with Crippen LogP contribution in [0, 0.1) is 20.8 Å². The number of ether oxygens (including phenoxy) is 2. The number of hydrogen-bond acceptors (Lipinski definition) is 7. The van der Waals surface area contributed by atoms with Crippen LogP contribution in [-0.2, 0) is 11.0 Å². The molecule has 0 fully saturated rings. The first-order chi connectivity index (χ1) is 16.2. The van der Waals surface area contributed by atoms with Crippen LogP contribution in [0.5, 0.6) is 17.4 Å². The highest BCUT2D eigenvalue weighted by Gasteiger charge is 2.31. The largest absolute Gasteiger partial charge is 0.491 e. The van der Waals surface area contributed by atoms with E-state index in [0.717, 1.165) is 29.0 Å². The van der Waals surface area contributed by atoms with Crippen LogP contribution in [-0.4, -0.2) is 35.3 Å². The quantitative estimate of drug-likeness (QED) is 0.548. The van der Waals surface area contributed by atoms with E-state index >= 15 is 0 Å². The average molecular weight is 472 g/mol. The minimum atomic E-state index is -4.49. The molecule has 1 aliphatic rings. The number of hydrogen-bond donors (Lipinski definition) is 1. The van der Waals surface area contributed by atoms with Crippen molar-refractivity contribution in [1.29, 1.82) is 0 Å². The van der Waals surface area contributed by atoms with E-state index in [9.17, 15) is 13.2 Å². The van der Waals surface area contributed by atoms with Gasteiger partial charge in [-0.25, -0.2) is 0 Å². The zero-order valence-corrected chi connectivity index (χ0v) is 18.8. The van der Waals surface area contributed by atoms with E-state index in [1.165, 1.54) is 12.1 Å². The fraction of sp³-hybridized carbons (Fsp3) is 0.292. The number of nitrogens with zero attached hydrogens (tertiary/aromatic N) is 3. The number of nitrogens with one attached hydrogen (secondary N) is 1. The third kappa shape index (κ3) is 5.56. The smallest absolute Gasteiger partial charge is 0.416 e. The van der Waals surface area contributed by atoms with E-state index < -0.39 is 11.7 Å². The SMILES string of the molecule is Cc1ccc(OCC2CON=C(c3cc(C)nnc3Oc3cccc(C(F)(F)F)c3)N2)c(C)c1. The van der Waals surface area contributed by atoms with Crippen molar-refractivity contribution in [3.8, 4) is 17.4 Å². The second-order valence-corrected chi connectivity index (χ2v) is 7.99. The van der Waals surface area contributed by atoms with Crippen molar-refractivity contribution in [2.45, 2.75) is 33.0 Å². The Bertz CT molecular complexity index is 1210. The number of benzene rings is 2. The molecule has 0 spiro atoms. The van der Waals surface area contributed by atoms with Gasteiger partial charge in [0.05, 0.1) is 22.9 Å². The molecule has 0 aliphatic carbocycles. The molecule has 2 heterocycles. The second kappa shape index (κ2) is 9.58. The molecule has 1 aromatic heterocycles. The van der Waals surface area contributed by atoms with Crippen LogP contribution < -0.4 is 14.8 Å². The van der Waals surface area contributed by atoms with Gasteiger partial charge in [-0.05, 0) is 56.7 Å². The molecule has 0 saturated heterocycles. The highest BCUT2D eigenvalue weighted by atomic mass is 19.4. The van der Waals surface area contributed by atoms with Crippen molar-refractivity contribution >= 4 is 5.84 Å². The number of oxime groups is 1. The molecule has 1 N–H and O–H groups in total. The van der Waals surface area contributed by atoms with Crippen molar-refractivity contribution in [1.82, 2.24) is 15.5 Å². The minimum Gasteiger partial charge on any atom is -0.491 e. The first-order valence-electron chi connectivity index (χ1n) is 10.6. The van der Waals surface area contributed by atoms with E-state index in [1.54, 1.807) is 13.0 Å². The first kappa shape index (κ1) is 23.3. The van der Waals surface area contributed by atoms with E-state index in [2.05, 4.69) is 20.7 Å². The molecule has 0 saturated carbocycles. The summed E-state index contributed by atoms with van der Waals surface area (Å²) in [6, 6.07) is 11.9. The Balaban J connectivity index is 1.51. The van der Waals surface area contributed by atoms with Gasteiger partial charge in [0.15, 0.2) is 5.84 Å². The number of rotatable bonds is 6. The molecule has 7 nitrogen and oxygen atoms in total. The van der Waals surface area contributed by atoms with Gasteiger partial charge in [0, 0.05) is 0 Å². The molecule has 178 valence electrons. The molecular formula is C24H23F3N4O3. The fourth-order valence-corrected chi connectivity index (χ4v) is 3.39. The topological polar surface area (TPSA) is 77.9 Å². The Labute approximate surface area is 194 Å². The van der Waals surface area contributed by atoms with E-state index in [-0.39, 0.29) is 24.3 Å². The zero-order valence-electron chi connectivity index (χ0n) is 18.8. The normalized spacial score (nSPS) is 15.7. The van der Waals surface area contributed by atoms with Crippen LogP contribution in [0.4, 0.5) is 13.2 Å². The van der Waals surface area contributed by atoms with Gasteiger partial charge in [-0.1, -0.05) is 28.9 Å². The van der Waals surface area contributed by atoms with Gasteiger partial charge in [-0.3, -0.25) is 0 Å². The Morgan fingerprint density at radius 2 is 1.88 bits per heavy atom. The van der Waals surface area contributed by atoms with Gasteiger partial charge in [0.1, 0.15) is 24.7 Å². The lowest BCUT2D eigenvalue weighted by atomic mass is 10.1. The fourth-order valence-electron chi connectivity index (χ4n) is 3.39. The van der Waals surface area contributed by atoms with Crippen molar-refractivity contribution in [3.05, 3.63) is 76.5 Å². The summed E-state index contributed by atoms with van der Waals surface area (Å²) in [5.41, 5.74) is 2.32. The van der Waals surface area contributed by atoms with E-state index in [0.29, 0.717) is 23.7 Å².